The molecule has 0 aliphatic rings. The van der Waals surface area contributed by atoms with Crippen molar-refractivity contribution in [3.05, 3.63) is 20.8 Å². The van der Waals surface area contributed by atoms with Gasteiger partial charge in [-0.05, 0) is 27.4 Å². The molecule has 1 aromatic heterocycles. The SMILES string of the molecule is COCCS(=O)(=O)NCc1sccc1Br. The zero-order valence-corrected chi connectivity index (χ0v) is 11.4. The van der Waals surface area contributed by atoms with Crippen LogP contribution in [0.25, 0.3) is 0 Å². The number of nitrogens with one attached hydrogen (secondary N) is 1. The molecule has 0 aromatic carbocycles. The van der Waals surface area contributed by atoms with Gasteiger partial charge in [-0.25, -0.2) is 13.1 Å². The monoisotopic (exact) mass is 313 g/mol. The molecule has 1 heterocycles. The van der Waals surface area contributed by atoms with Crippen LogP contribution in [0, 0.1) is 0 Å². The first-order valence-corrected chi connectivity index (χ1v) is 7.56. The molecule has 86 valence electrons. The van der Waals surface area contributed by atoms with Crippen LogP contribution in [-0.4, -0.2) is 27.9 Å². The van der Waals surface area contributed by atoms with Gasteiger partial charge in [0, 0.05) is 23.0 Å². The first-order chi connectivity index (χ1) is 7.05. The van der Waals surface area contributed by atoms with Crippen molar-refractivity contribution in [2.24, 2.45) is 0 Å². The Balaban J connectivity index is 2.46. The van der Waals surface area contributed by atoms with Gasteiger partial charge in [-0.2, -0.15) is 0 Å². The van der Waals surface area contributed by atoms with E-state index in [1.165, 1.54) is 18.4 Å². The van der Waals surface area contributed by atoms with Crippen LogP contribution in [0.3, 0.4) is 0 Å². The lowest BCUT2D eigenvalue weighted by molar-refractivity contribution is 0.217. The number of ether oxygens (including phenoxy) is 1. The van der Waals surface area contributed by atoms with E-state index >= 15 is 0 Å². The largest absolute Gasteiger partial charge is 0.384 e. The maximum Gasteiger partial charge on any atom is 0.214 e. The Morgan fingerprint density at radius 1 is 1.60 bits per heavy atom. The molecule has 7 heteroatoms. The highest BCUT2D eigenvalue weighted by molar-refractivity contribution is 9.10. The fraction of sp³-hybridized carbons (Fsp3) is 0.500. The Hall–Kier alpha value is 0.0500. The third-order valence-electron chi connectivity index (χ3n) is 1.70. The van der Waals surface area contributed by atoms with Crippen LogP contribution in [0.5, 0.6) is 0 Å². The summed E-state index contributed by atoms with van der Waals surface area (Å²) in [4.78, 5) is 0.969. The van der Waals surface area contributed by atoms with E-state index in [0.29, 0.717) is 6.54 Å². The minimum atomic E-state index is -3.23. The van der Waals surface area contributed by atoms with Gasteiger partial charge >= 0.3 is 0 Å². The summed E-state index contributed by atoms with van der Waals surface area (Å²) in [6, 6.07) is 1.89. The molecule has 1 aromatic rings. The molecular formula is C8H12BrNO3S2. The molecule has 0 atom stereocenters. The second-order valence-corrected chi connectivity index (χ2v) is 6.61. The molecule has 0 fully saturated rings. The molecule has 0 amide bonds. The van der Waals surface area contributed by atoms with E-state index in [2.05, 4.69) is 20.7 Å². The third-order valence-corrected chi connectivity index (χ3v) is 4.91. The molecular weight excluding hydrogens is 302 g/mol. The molecule has 0 aliphatic carbocycles. The Bertz CT molecular complexity index is 402. The van der Waals surface area contributed by atoms with Crippen molar-refractivity contribution in [1.29, 1.82) is 0 Å². The summed E-state index contributed by atoms with van der Waals surface area (Å²) in [5.74, 6) is -0.00745. The van der Waals surface area contributed by atoms with E-state index in [0.717, 1.165) is 9.35 Å². The summed E-state index contributed by atoms with van der Waals surface area (Å²) >= 11 is 4.85. The average molecular weight is 314 g/mol. The minimum absolute atomic E-state index is 0.00745. The van der Waals surface area contributed by atoms with Crippen molar-refractivity contribution in [1.82, 2.24) is 4.72 Å². The molecule has 4 nitrogen and oxygen atoms in total. The van der Waals surface area contributed by atoms with Crippen molar-refractivity contribution < 1.29 is 13.2 Å². The second-order valence-electron chi connectivity index (χ2n) is 2.82. The van der Waals surface area contributed by atoms with Crippen LogP contribution in [0.15, 0.2) is 15.9 Å². The summed E-state index contributed by atoms with van der Waals surface area (Å²) in [5.41, 5.74) is 0. The van der Waals surface area contributed by atoms with E-state index < -0.39 is 10.0 Å². The Kier molecular flexibility index (Phi) is 5.20. The summed E-state index contributed by atoms with van der Waals surface area (Å²) in [5, 5.41) is 1.91. The topological polar surface area (TPSA) is 55.4 Å². The molecule has 0 saturated carbocycles. The Morgan fingerprint density at radius 2 is 2.33 bits per heavy atom. The van der Waals surface area contributed by atoms with Gasteiger partial charge in [0.1, 0.15) is 0 Å². The lowest BCUT2D eigenvalue weighted by Crippen LogP contribution is -2.27. The summed E-state index contributed by atoms with van der Waals surface area (Å²) in [6.45, 7) is 0.533. The second kappa shape index (κ2) is 5.95. The maximum absolute atomic E-state index is 11.4. The molecule has 0 radical (unpaired) electrons. The minimum Gasteiger partial charge on any atom is -0.384 e. The lowest BCUT2D eigenvalue weighted by Gasteiger charge is -2.04. The van der Waals surface area contributed by atoms with Crippen molar-refractivity contribution >= 4 is 37.3 Å². The summed E-state index contributed by atoms with van der Waals surface area (Å²) in [7, 11) is -1.75. The van der Waals surface area contributed by atoms with Crippen LogP contribution in [0.4, 0.5) is 0 Å². The first kappa shape index (κ1) is 13.1. The zero-order chi connectivity index (χ0) is 11.3. The predicted molar refractivity (Wildman–Crippen MR) is 64.5 cm³/mol. The fourth-order valence-electron chi connectivity index (χ4n) is 0.892. The molecule has 15 heavy (non-hydrogen) atoms. The first-order valence-electron chi connectivity index (χ1n) is 4.23. The van der Waals surface area contributed by atoms with Crippen LogP contribution < -0.4 is 4.72 Å². The standard InChI is InChI=1S/C8H12BrNO3S2/c1-13-3-5-15(11,12)10-6-8-7(9)2-4-14-8/h2,4,10H,3,5-6H2,1H3. The van der Waals surface area contributed by atoms with Crippen LogP contribution >= 0.6 is 27.3 Å². The van der Waals surface area contributed by atoms with Crippen molar-refractivity contribution in [2.75, 3.05) is 19.5 Å². The quantitative estimate of drug-likeness (QED) is 0.867. The smallest absolute Gasteiger partial charge is 0.214 e. The molecule has 0 bridgehead atoms. The van der Waals surface area contributed by atoms with Gasteiger partial charge in [0.05, 0.1) is 12.4 Å². The van der Waals surface area contributed by atoms with Gasteiger partial charge in [0.2, 0.25) is 10.0 Å². The number of methoxy groups -OCH3 is 1. The summed E-state index contributed by atoms with van der Waals surface area (Å²) in [6.07, 6.45) is 0. The predicted octanol–water partition coefficient (Wildman–Crippen LogP) is 1.58. The van der Waals surface area contributed by atoms with E-state index in [1.807, 2.05) is 11.4 Å². The highest BCUT2D eigenvalue weighted by Crippen LogP contribution is 2.22. The third kappa shape index (κ3) is 4.60. The Morgan fingerprint density at radius 3 is 2.87 bits per heavy atom. The zero-order valence-electron chi connectivity index (χ0n) is 8.20. The average Bonchev–Trinajstić information content (AvgIpc) is 2.58. The van der Waals surface area contributed by atoms with Crippen LogP contribution in [0.1, 0.15) is 4.88 Å². The fourth-order valence-corrected chi connectivity index (χ4v) is 3.31. The van der Waals surface area contributed by atoms with E-state index in [1.54, 1.807) is 0 Å². The van der Waals surface area contributed by atoms with Gasteiger partial charge in [-0.15, -0.1) is 11.3 Å². The highest BCUT2D eigenvalue weighted by atomic mass is 79.9. The number of thiophene rings is 1. The van der Waals surface area contributed by atoms with Gasteiger partial charge in [0.15, 0.2) is 0 Å². The molecule has 1 N–H and O–H groups in total. The highest BCUT2D eigenvalue weighted by Gasteiger charge is 2.10. The van der Waals surface area contributed by atoms with Crippen molar-refractivity contribution in [3.63, 3.8) is 0 Å². The normalized spacial score (nSPS) is 11.9. The Labute approximate surface area is 102 Å². The number of rotatable bonds is 6. The van der Waals surface area contributed by atoms with Gasteiger partial charge < -0.3 is 4.74 Å². The molecule has 0 saturated heterocycles. The summed E-state index contributed by atoms with van der Waals surface area (Å²) < 4.78 is 30.9. The van der Waals surface area contributed by atoms with Gasteiger partial charge in [-0.3, -0.25) is 0 Å². The maximum atomic E-state index is 11.4. The number of hydrogen-bond acceptors (Lipinski definition) is 4. The van der Waals surface area contributed by atoms with E-state index in [4.69, 9.17) is 4.74 Å². The lowest BCUT2D eigenvalue weighted by atomic mass is 10.5. The number of sulfonamides is 1. The molecule has 0 aliphatic heterocycles. The molecule has 1 rings (SSSR count). The number of halogens is 1. The van der Waals surface area contributed by atoms with E-state index in [-0.39, 0.29) is 12.4 Å². The van der Waals surface area contributed by atoms with Crippen LogP contribution in [-0.2, 0) is 21.3 Å². The number of hydrogen-bond donors (Lipinski definition) is 1. The van der Waals surface area contributed by atoms with Gasteiger partial charge in [-0.1, -0.05) is 0 Å². The van der Waals surface area contributed by atoms with Crippen LogP contribution in [0.2, 0.25) is 0 Å². The van der Waals surface area contributed by atoms with E-state index in [9.17, 15) is 8.42 Å². The van der Waals surface area contributed by atoms with Gasteiger partial charge in [0.25, 0.3) is 0 Å². The van der Waals surface area contributed by atoms with Crippen molar-refractivity contribution in [2.45, 2.75) is 6.54 Å². The molecule has 0 spiro atoms. The molecule has 0 unspecified atom stereocenters. The van der Waals surface area contributed by atoms with Crippen molar-refractivity contribution in [3.8, 4) is 0 Å².